The summed E-state index contributed by atoms with van der Waals surface area (Å²) in [5.74, 6) is 0. The molecular weight excluding hydrogens is 184 g/mol. The molecule has 0 rings (SSSR count). The molecule has 0 aromatic heterocycles. The van der Waals surface area contributed by atoms with Gasteiger partial charge in [-0.15, -0.1) is 0 Å². The highest BCUT2D eigenvalue weighted by Crippen LogP contribution is 2.22. The van der Waals surface area contributed by atoms with Gasteiger partial charge in [-0.2, -0.15) is 0 Å². The first-order valence-corrected chi connectivity index (χ1v) is 6.16. The molecule has 0 heterocycles. The molecule has 0 bridgehead atoms. The molecule has 0 fully saturated rings. The minimum Gasteiger partial charge on any atom is -0.311 e. The summed E-state index contributed by atoms with van der Waals surface area (Å²) in [7, 11) is 2.20. The summed E-state index contributed by atoms with van der Waals surface area (Å²) in [6.07, 6.45) is 1.22. The predicted octanol–water partition coefficient (Wildman–Crippen LogP) is 2.74. The Kier molecular flexibility index (Phi) is 5.82. The zero-order valence-corrected chi connectivity index (χ0v) is 11.8. The Hall–Kier alpha value is -0.0800. The van der Waals surface area contributed by atoms with E-state index in [1.54, 1.807) is 0 Å². The maximum atomic E-state index is 3.62. The van der Waals surface area contributed by atoms with Crippen molar-refractivity contribution in [3.8, 4) is 0 Å². The number of nitrogens with zero attached hydrogens (tertiary/aromatic N) is 1. The van der Waals surface area contributed by atoms with Crippen LogP contribution in [-0.2, 0) is 0 Å². The quantitative estimate of drug-likeness (QED) is 0.731. The Morgan fingerprint density at radius 3 is 1.93 bits per heavy atom. The monoisotopic (exact) mass is 214 g/mol. The molecule has 0 aromatic carbocycles. The molecule has 0 amide bonds. The summed E-state index contributed by atoms with van der Waals surface area (Å²) in [4.78, 5) is 2.40. The molecule has 0 saturated carbocycles. The molecule has 1 atom stereocenters. The van der Waals surface area contributed by atoms with Crippen molar-refractivity contribution in [2.24, 2.45) is 5.41 Å². The highest BCUT2D eigenvalue weighted by atomic mass is 15.1. The second-order valence-corrected chi connectivity index (χ2v) is 6.10. The molecule has 2 heteroatoms. The van der Waals surface area contributed by atoms with E-state index in [0.717, 1.165) is 13.1 Å². The van der Waals surface area contributed by atoms with Gasteiger partial charge in [0.1, 0.15) is 0 Å². The van der Waals surface area contributed by atoms with Gasteiger partial charge in [0.25, 0.3) is 0 Å². The van der Waals surface area contributed by atoms with Crippen molar-refractivity contribution in [1.29, 1.82) is 0 Å². The van der Waals surface area contributed by atoms with E-state index in [4.69, 9.17) is 0 Å². The Labute approximate surface area is 96.4 Å². The summed E-state index contributed by atoms with van der Waals surface area (Å²) in [6.45, 7) is 17.0. The summed E-state index contributed by atoms with van der Waals surface area (Å²) in [5.41, 5.74) is 0.610. The van der Waals surface area contributed by atoms with Gasteiger partial charge in [0, 0.05) is 18.6 Å². The topological polar surface area (TPSA) is 15.3 Å². The lowest BCUT2D eigenvalue weighted by molar-refractivity contribution is 0.173. The zero-order chi connectivity index (χ0) is 12.1. The Balaban J connectivity index is 4.19. The minimum atomic E-state index is 0.223. The molecule has 1 N–H and O–H groups in total. The van der Waals surface area contributed by atoms with Gasteiger partial charge >= 0.3 is 0 Å². The molecule has 92 valence electrons. The van der Waals surface area contributed by atoms with E-state index in [1.165, 1.54) is 13.0 Å². The van der Waals surface area contributed by atoms with Crippen LogP contribution in [-0.4, -0.2) is 37.1 Å². The number of rotatable bonds is 6. The third kappa shape index (κ3) is 6.91. The van der Waals surface area contributed by atoms with Gasteiger partial charge in [0.15, 0.2) is 0 Å². The Bertz CT molecular complexity index is 172. The van der Waals surface area contributed by atoms with E-state index in [1.807, 2.05) is 0 Å². The van der Waals surface area contributed by atoms with Crippen LogP contribution in [0.4, 0.5) is 0 Å². The Morgan fingerprint density at radius 1 is 1.07 bits per heavy atom. The molecule has 2 nitrogen and oxygen atoms in total. The highest BCUT2D eigenvalue weighted by Gasteiger charge is 2.25. The lowest BCUT2D eigenvalue weighted by Crippen LogP contribution is -2.46. The van der Waals surface area contributed by atoms with Gasteiger partial charge in [-0.1, -0.05) is 20.8 Å². The van der Waals surface area contributed by atoms with Gasteiger partial charge < -0.3 is 10.2 Å². The van der Waals surface area contributed by atoms with Crippen molar-refractivity contribution in [2.45, 2.75) is 53.5 Å². The van der Waals surface area contributed by atoms with Crippen LogP contribution in [0.15, 0.2) is 0 Å². The Morgan fingerprint density at radius 2 is 1.60 bits per heavy atom. The average Bonchev–Trinajstić information content (AvgIpc) is 2.14. The van der Waals surface area contributed by atoms with Crippen LogP contribution < -0.4 is 5.32 Å². The first kappa shape index (κ1) is 14.9. The molecule has 1 unspecified atom stereocenters. The van der Waals surface area contributed by atoms with Crippen molar-refractivity contribution in [3.05, 3.63) is 0 Å². The standard InChI is InChI=1S/C13H30N2/c1-8-13(6,11-15(7)9-2)10-14-12(3,4)5/h14H,8-11H2,1-7H3. The lowest BCUT2D eigenvalue weighted by atomic mass is 9.86. The van der Waals surface area contributed by atoms with E-state index < -0.39 is 0 Å². The normalized spacial score (nSPS) is 16.8. The number of hydrogen-bond acceptors (Lipinski definition) is 2. The van der Waals surface area contributed by atoms with E-state index in [0.29, 0.717) is 5.41 Å². The zero-order valence-electron chi connectivity index (χ0n) is 11.8. The van der Waals surface area contributed by atoms with Crippen molar-refractivity contribution in [3.63, 3.8) is 0 Å². The fourth-order valence-corrected chi connectivity index (χ4v) is 1.53. The summed E-state index contributed by atoms with van der Waals surface area (Å²) >= 11 is 0. The number of hydrogen-bond donors (Lipinski definition) is 1. The second-order valence-electron chi connectivity index (χ2n) is 6.10. The maximum Gasteiger partial charge on any atom is 0.00967 e. The third-order valence-electron chi connectivity index (χ3n) is 3.09. The van der Waals surface area contributed by atoms with Crippen LogP contribution in [0.1, 0.15) is 48.0 Å². The third-order valence-corrected chi connectivity index (χ3v) is 3.09. The fourth-order valence-electron chi connectivity index (χ4n) is 1.53. The van der Waals surface area contributed by atoms with Gasteiger partial charge in [0.2, 0.25) is 0 Å². The minimum absolute atomic E-state index is 0.223. The van der Waals surface area contributed by atoms with E-state index in [9.17, 15) is 0 Å². The molecule has 0 aliphatic heterocycles. The molecule has 0 aromatic rings. The second kappa shape index (κ2) is 5.86. The van der Waals surface area contributed by atoms with E-state index in [2.05, 4.69) is 58.8 Å². The van der Waals surface area contributed by atoms with Crippen LogP contribution in [0.5, 0.6) is 0 Å². The fraction of sp³-hybridized carbons (Fsp3) is 1.00. The molecule has 0 aliphatic rings. The van der Waals surface area contributed by atoms with Crippen LogP contribution in [0.2, 0.25) is 0 Å². The summed E-state index contributed by atoms with van der Waals surface area (Å²) in [6, 6.07) is 0. The number of nitrogens with one attached hydrogen (secondary N) is 1. The molecule has 0 aliphatic carbocycles. The average molecular weight is 214 g/mol. The first-order chi connectivity index (χ1) is 6.72. The molecule has 0 saturated heterocycles. The lowest BCUT2D eigenvalue weighted by Gasteiger charge is -2.35. The van der Waals surface area contributed by atoms with Crippen molar-refractivity contribution < 1.29 is 0 Å². The molecule has 15 heavy (non-hydrogen) atoms. The molecular formula is C13H30N2. The summed E-state index contributed by atoms with van der Waals surface area (Å²) in [5, 5.41) is 3.62. The molecule has 0 spiro atoms. The van der Waals surface area contributed by atoms with E-state index in [-0.39, 0.29) is 5.54 Å². The van der Waals surface area contributed by atoms with Crippen LogP contribution in [0.3, 0.4) is 0 Å². The van der Waals surface area contributed by atoms with Crippen molar-refractivity contribution in [1.82, 2.24) is 10.2 Å². The molecule has 0 radical (unpaired) electrons. The van der Waals surface area contributed by atoms with Gasteiger partial charge in [-0.25, -0.2) is 0 Å². The van der Waals surface area contributed by atoms with Gasteiger partial charge in [0.05, 0.1) is 0 Å². The van der Waals surface area contributed by atoms with Gasteiger partial charge in [-0.3, -0.25) is 0 Å². The predicted molar refractivity (Wildman–Crippen MR) is 69.3 cm³/mol. The van der Waals surface area contributed by atoms with Crippen LogP contribution >= 0.6 is 0 Å². The van der Waals surface area contributed by atoms with Crippen molar-refractivity contribution in [2.75, 3.05) is 26.7 Å². The van der Waals surface area contributed by atoms with Crippen LogP contribution in [0.25, 0.3) is 0 Å². The SMILES string of the molecule is CCN(C)CC(C)(CC)CNC(C)(C)C. The largest absolute Gasteiger partial charge is 0.311 e. The van der Waals surface area contributed by atoms with E-state index >= 15 is 0 Å². The van der Waals surface area contributed by atoms with Gasteiger partial charge in [-0.05, 0) is 46.2 Å². The van der Waals surface area contributed by atoms with Crippen LogP contribution in [0, 0.1) is 5.41 Å². The smallest absolute Gasteiger partial charge is 0.00967 e. The summed E-state index contributed by atoms with van der Waals surface area (Å²) < 4.78 is 0. The first-order valence-electron chi connectivity index (χ1n) is 6.16. The van der Waals surface area contributed by atoms with Crippen molar-refractivity contribution >= 4 is 0 Å². The maximum absolute atomic E-state index is 3.62. The highest BCUT2D eigenvalue weighted by molar-refractivity contribution is 4.82.